The Bertz CT molecular complexity index is 908. The van der Waals surface area contributed by atoms with E-state index >= 15 is 0 Å². The van der Waals surface area contributed by atoms with Gasteiger partial charge in [-0.2, -0.15) is 0 Å². The zero-order chi connectivity index (χ0) is 17.3. The van der Waals surface area contributed by atoms with Crippen LogP contribution in [0.2, 0.25) is 10.0 Å². The Morgan fingerprint density at radius 2 is 2.04 bits per heavy atom. The Morgan fingerprint density at radius 1 is 1.25 bits per heavy atom. The minimum absolute atomic E-state index is 0.126. The maximum atomic E-state index is 11.9. The van der Waals surface area contributed by atoms with Crippen molar-refractivity contribution in [2.24, 2.45) is 0 Å². The molecule has 0 aliphatic heterocycles. The first-order valence-electron chi connectivity index (χ1n) is 7.32. The van der Waals surface area contributed by atoms with Crippen molar-refractivity contribution in [2.45, 2.75) is 13.0 Å². The molecule has 0 bridgehead atoms. The first kappa shape index (κ1) is 16.8. The summed E-state index contributed by atoms with van der Waals surface area (Å²) >= 11 is 12.2. The highest BCUT2D eigenvalue weighted by Crippen LogP contribution is 2.34. The van der Waals surface area contributed by atoms with Crippen molar-refractivity contribution in [2.75, 3.05) is 12.4 Å². The molecular weight excluding hydrogens is 349 g/mol. The van der Waals surface area contributed by atoms with E-state index in [-0.39, 0.29) is 11.9 Å². The molecule has 1 atom stereocenters. The summed E-state index contributed by atoms with van der Waals surface area (Å²) in [6.45, 7) is 1.78. The van der Waals surface area contributed by atoms with Crippen LogP contribution < -0.4 is 10.6 Å². The van der Waals surface area contributed by atoms with Crippen LogP contribution in [0, 0.1) is 0 Å². The van der Waals surface area contributed by atoms with E-state index in [1.54, 1.807) is 50.4 Å². The van der Waals surface area contributed by atoms with Gasteiger partial charge in [0.05, 0.1) is 21.7 Å². The summed E-state index contributed by atoms with van der Waals surface area (Å²) in [6.07, 6.45) is 0. The van der Waals surface area contributed by atoms with Gasteiger partial charge in [-0.1, -0.05) is 29.3 Å². The number of oxazole rings is 1. The minimum Gasteiger partial charge on any atom is -0.436 e. The van der Waals surface area contributed by atoms with E-state index in [0.717, 1.165) is 0 Å². The Labute approximate surface area is 149 Å². The average molecular weight is 364 g/mol. The van der Waals surface area contributed by atoms with Gasteiger partial charge in [-0.3, -0.25) is 4.79 Å². The Kier molecular flexibility index (Phi) is 4.76. The summed E-state index contributed by atoms with van der Waals surface area (Å²) in [5.41, 5.74) is 2.48. The Morgan fingerprint density at radius 3 is 2.79 bits per heavy atom. The molecule has 0 aliphatic rings. The van der Waals surface area contributed by atoms with Crippen molar-refractivity contribution in [3.05, 3.63) is 46.4 Å². The molecule has 5 nitrogen and oxygen atoms in total. The summed E-state index contributed by atoms with van der Waals surface area (Å²) in [7, 11) is 1.73. The lowest BCUT2D eigenvalue weighted by Crippen LogP contribution is -2.35. The number of benzene rings is 2. The molecular formula is C17H15Cl2N3O2. The molecule has 0 saturated heterocycles. The monoisotopic (exact) mass is 363 g/mol. The number of rotatable bonds is 4. The predicted molar refractivity (Wildman–Crippen MR) is 96.6 cm³/mol. The third-order valence-corrected chi connectivity index (χ3v) is 4.48. The van der Waals surface area contributed by atoms with E-state index in [1.807, 2.05) is 0 Å². The number of nitrogens with zero attached hydrogens (tertiary/aromatic N) is 1. The number of hydrogen-bond acceptors (Lipinski definition) is 4. The number of carbonyl (C=O) groups is 1. The van der Waals surface area contributed by atoms with Crippen molar-refractivity contribution < 1.29 is 9.21 Å². The molecule has 0 radical (unpaired) electrons. The van der Waals surface area contributed by atoms with Crippen LogP contribution in [0.4, 0.5) is 5.69 Å². The highest BCUT2D eigenvalue weighted by atomic mass is 35.5. The Hall–Kier alpha value is -2.08. The molecule has 24 heavy (non-hydrogen) atoms. The largest absolute Gasteiger partial charge is 0.436 e. The van der Waals surface area contributed by atoms with Gasteiger partial charge >= 0.3 is 0 Å². The molecule has 0 spiro atoms. The van der Waals surface area contributed by atoms with Crippen LogP contribution in [0.1, 0.15) is 6.92 Å². The number of carbonyl (C=O) groups excluding carboxylic acids is 1. The van der Waals surface area contributed by atoms with Crippen LogP contribution in [0.3, 0.4) is 0 Å². The fourth-order valence-corrected chi connectivity index (χ4v) is 2.55. The van der Waals surface area contributed by atoms with E-state index in [0.29, 0.717) is 38.3 Å². The predicted octanol–water partition coefficient (Wildman–Crippen LogP) is 4.35. The second-order valence-electron chi connectivity index (χ2n) is 5.30. The van der Waals surface area contributed by atoms with E-state index in [2.05, 4.69) is 15.6 Å². The molecule has 2 aromatic carbocycles. The lowest BCUT2D eigenvalue weighted by molar-refractivity contribution is -0.117. The summed E-state index contributed by atoms with van der Waals surface area (Å²) in [5.74, 6) is 0.253. The fraction of sp³-hybridized carbons (Fsp3) is 0.176. The number of hydrogen-bond donors (Lipinski definition) is 2. The highest BCUT2D eigenvalue weighted by molar-refractivity contribution is 6.43. The lowest BCUT2D eigenvalue weighted by atomic mass is 10.2. The summed E-state index contributed by atoms with van der Waals surface area (Å²) < 4.78 is 5.74. The molecule has 1 unspecified atom stereocenters. The second kappa shape index (κ2) is 6.81. The average Bonchev–Trinajstić information content (AvgIpc) is 2.99. The molecule has 2 N–H and O–H groups in total. The smallest absolute Gasteiger partial charge is 0.241 e. The van der Waals surface area contributed by atoms with Crippen LogP contribution in [-0.4, -0.2) is 24.0 Å². The third kappa shape index (κ3) is 3.24. The van der Waals surface area contributed by atoms with Crippen molar-refractivity contribution in [3.63, 3.8) is 0 Å². The van der Waals surface area contributed by atoms with Crippen molar-refractivity contribution >= 4 is 45.9 Å². The summed E-state index contributed by atoms with van der Waals surface area (Å²) in [6, 6.07) is 10.2. The topological polar surface area (TPSA) is 67.2 Å². The van der Waals surface area contributed by atoms with Gasteiger partial charge in [0.25, 0.3) is 0 Å². The molecule has 3 rings (SSSR count). The quantitative estimate of drug-likeness (QED) is 0.722. The number of aromatic nitrogens is 1. The molecule has 3 aromatic rings. The number of fused-ring (bicyclic) bond motifs is 1. The van der Waals surface area contributed by atoms with E-state index in [4.69, 9.17) is 27.6 Å². The standard InChI is InChI=1S/C17H15Cl2N3O2/c1-9(20-2)16(23)21-10-6-7-14-13(8-10)22-17(24-14)11-4-3-5-12(18)15(11)19/h3-9,20H,1-2H3,(H,21,23). The maximum Gasteiger partial charge on any atom is 0.241 e. The molecule has 1 heterocycles. The minimum atomic E-state index is -0.293. The molecule has 0 aliphatic carbocycles. The van der Waals surface area contributed by atoms with Crippen molar-refractivity contribution in [3.8, 4) is 11.5 Å². The van der Waals surface area contributed by atoms with Crippen LogP contribution in [0.15, 0.2) is 40.8 Å². The highest BCUT2D eigenvalue weighted by Gasteiger charge is 2.15. The van der Waals surface area contributed by atoms with Crippen molar-refractivity contribution in [1.29, 1.82) is 0 Å². The second-order valence-corrected chi connectivity index (χ2v) is 6.09. The molecule has 0 fully saturated rings. The number of likely N-dealkylation sites (N-methyl/N-ethyl adjacent to an activating group) is 1. The number of halogens is 2. The zero-order valence-corrected chi connectivity index (χ0v) is 14.6. The van der Waals surface area contributed by atoms with E-state index < -0.39 is 0 Å². The number of amides is 1. The van der Waals surface area contributed by atoms with Gasteiger partial charge in [0.15, 0.2) is 5.58 Å². The van der Waals surface area contributed by atoms with Crippen LogP contribution >= 0.6 is 23.2 Å². The lowest BCUT2D eigenvalue weighted by Gasteiger charge is -2.10. The summed E-state index contributed by atoms with van der Waals surface area (Å²) in [5, 5.41) is 6.54. The fourth-order valence-electron chi connectivity index (χ4n) is 2.17. The van der Waals surface area contributed by atoms with Crippen LogP contribution in [0.25, 0.3) is 22.6 Å². The van der Waals surface area contributed by atoms with E-state index in [9.17, 15) is 4.79 Å². The maximum absolute atomic E-state index is 11.9. The van der Waals surface area contributed by atoms with Gasteiger partial charge in [0.1, 0.15) is 5.52 Å². The number of nitrogens with one attached hydrogen (secondary N) is 2. The molecule has 7 heteroatoms. The zero-order valence-electron chi connectivity index (χ0n) is 13.1. The van der Waals surface area contributed by atoms with Crippen molar-refractivity contribution in [1.82, 2.24) is 10.3 Å². The molecule has 0 saturated carbocycles. The molecule has 1 aromatic heterocycles. The Balaban J connectivity index is 1.95. The SMILES string of the molecule is CNC(C)C(=O)Nc1ccc2oc(-c3cccc(Cl)c3Cl)nc2c1. The van der Waals surface area contributed by atoms with Gasteiger partial charge in [-0.25, -0.2) is 4.98 Å². The summed E-state index contributed by atoms with van der Waals surface area (Å²) in [4.78, 5) is 16.4. The van der Waals surface area contributed by atoms with Crippen LogP contribution in [0.5, 0.6) is 0 Å². The number of anilines is 1. The van der Waals surface area contributed by atoms with Gasteiger partial charge < -0.3 is 15.1 Å². The van der Waals surface area contributed by atoms with Gasteiger partial charge in [-0.05, 0) is 44.3 Å². The third-order valence-electron chi connectivity index (χ3n) is 3.66. The normalized spacial score (nSPS) is 12.3. The first-order chi connectivity index (χ1) is 11.5. The van der Waals surface area contributed by atoms with Gasteiger partial charge in [0.2, 0.25) is 11.8 Å². The van der Waals surface area contributed by atoms with Gasteiger partial charge in [0, 0.05) is 5.69 Å². The molecule has 124 valence electrons. The van der Waals surface area contributed by atoms with E-state index in [1.165, 1.54) is 0 Å². The van der Waals surface area contributed by atoms with Gasteiger partial charge in [-0.15, -0.1) is 0 Å². The molecule has 1 amide bonds. The first-order valence-corrected chi connectivity index (χ1v) is 8.08. The van der Waals surface area contributed by atoms with Crippen LogP contribution in [-0.2, 0) is 4.79 Å².